The van der Waals surface area contributed by atoms with Gasteiger partial charge < -0.3 is 13.6 Å². The van der Waals surface area contributed by atoms with E-state index in [-0.39, 0.29) is 17.2 Å². The number of rotatable bonds is 9. The van der Waals surface area contributed by atoms with Crippen LogP contribution in [0.4, 0.5) is 17.1 Å². The first-order chi connectivity index (χ1) is 14.9. The van der Waals surface area contributed by atoms with E-state index in [1.807, 2.05) is 0 Å². The highest BCUT2D eigenvalue weighted by Crippen LogP contribution is 2.48. The van der Waals surface area contributed by atoms with E-state index in [1.54, 1.807) is 0 Å². The van der Waals surface area contributed by atoms with Crippen LogP contribution in [0.15, 0.2) is 72.8 Å². The molecule has 0 N–H and O–H groups in total. The molecular weight excluding hydrogens is 433 g/mol. The molecule has 0 saturated heterocycles. The van der Waals surface area contributed by atoms with Gasteiger partial charge in [0.25, 0.3) is 0 Å². The summed E-state index contributed by atoms with van der Waals surface area (Å²) >= 11 is 0. The summed E-state index contributed by atoms with van der Waals surface area (Å²) in [6.07, 6.45) is 0. The van der Waals surface area contributed by atoms with Crippen molar-refractivity contribution in [2.24, 2.45) is 0 Å². The largest absolute Gasteiger partial charge is 0.531 e. The van der Waals surface area contributed by atoms with Gasteiger partial charge in [0.05, 0.1) is 14.8 Å². The second-order valence-electron chi connectivity index (χ2n) is 5.67. The second kappa shape index (κ2) is 9.46. The van der Waals surface area contributed by atoms with Crippen LogP contribution in [0.5, 0.6) is 17.2 Å². The molecule has 0 fully saturated rings. The molecule has 0 atom stereocenters. The average Bonchev–Trinajstić information content (AvgIpc) is 2.74. The summed E-state index contributed by atoms with van der Waals surface area (Å²) in [5, 5.41) is 33.8. The van der Waals surface area contributed by atoms with Gasteiger partial charge in [-0.1, -0.05) is 36.4 Å². The van der Waals surface area contributed by atoms with Crippen LogP contribution in [0.1, 0.15) is 0 Å². The molecular formula is C18H12N3O9P. The second-order valence-corrected chi connectivity index (χ2v) is 6.67. The summed E-state index contributed by atoms with van der Waals surface area (Å²) in [5.41, 5.74) is -1.23. The van der Waals surface area contributed by atoms with E-state index < -0.39 is 40.4 Å². The zero-order valence-corrected chi connectivity index (χ0v) is 16.3. The Balaban J connectivity index is 2.00. The van der Waals surface area contributed by atoms with Crippen LogP contribution in [0.25, 0.3) is 0 Å². The van der Waals surface area contributed by atoms with Crippen molar-refractivity contribution in [3.05, 3.63) is 103 Å². The molecule has 0 aromatic heterocycles. The zero-order chi connectivity index (χ0) is 22.4. The number of nitrogens with zero attached hydrogens (tertiary/aromatic N) is 3. The molecule has 0 saturated carbocycles. The van der Waals surface area contributed by atoms with Gasteiger partial charge in [0.1, 0.15) is 0 Å². The zero-order valence-electron chi connectivity index (χ0n) is 15.4. The molecule has 0 aliphatic carbocycles. The van der Waals surface area contributed by atoms with E-state index in [4.69, 9.17) is 13.6 Å². The normalized spacial score (nSPS) is 10.4. The summed E-state index contributed by atoms with van der Waals surface area (Å²) in [4.78, 5) is 31.8. The van der Waals surface area contributed by atoms with Crippen LogP contribution in [-0.2, 0) is 0 Å². The van der Waals surface area contributed by atoms with Crippen molar-refractivity contribution in [3.63, 3.8) is 0 Å². The number of nitro groups is 3. The fourth-order valence-electron chi connectivity index (χ4n) is 2.35. The van der Waals surface area contributed by atoms with Crippen molar-refractivity contribution in [1.29, 1.82) is 0 Å². The number of para-hydroxylation sites is 6. The Morgan fingerprint density at radius 3 is 1.03 bits per heavy atom. The van der Waals surface area contributed by atoms with E-state index in [0.29, 0.717) is 0 Å². The molecule has 0 unspecified atom stereocenters. The number of nitro benzene ring substituents is 3. The van der Waals surface area contributed by atoms with Crippen molar-refractivity contribution < 1.29 is 28.3 Å². The molecule has 0 amide bonds. The third kappa shape index (κ3) is 5.19. The molecule has 31 heavy (non-hydrogen) atoms. The van der Waals surface area contributed by atoms with Crippen molar-refractivity contribution in [1.82, 2.24) is 0 Å². The molecule has 0 aliphatic heterocycles. The average molecular weight is 445 g/mol. The summed E-state index contributed by atoms with van der Waals surface area (Å²) in [6.45, 7) is 0. The maximum Gasteiger partial charge on any atom is 0.531 e. The van der Waals surface area contributed by atoms with Gasteiger partial charge in [-0.15, -0.1) is 0 Å². The van der Waals surface area contributed by atoms with Crippen molar-refractivity contribution in [3.8, 4) is 17.2 Å². The predicted octanol–water partition coefficient (Wildman–Crippen LogP) is 5.17. The van der Waals surface area contributed by atoms with Gasteiger partial charge >= 0.3 is 25.7 Å². The lowest BCUT2D eigenvalue weighted by Gasteiger charge is -2.17. The Bertz CT molecular complexity index is 1000. The van der Waals surface area contributed by atoms with Gasteiger partial charge in [-0.25, -0.2) is 0 Å². The lowest BCUT2D eigenvalue weighted by molar-refractivity contribution is -0.385. The summed E-state index contributed by atoms with van der Waals surface area (Å²) < 4.78 is 16.6. The first-order valence-electron chi connectivity index (χ1n) is 8.41. The number of benzene rings is 3. The minimum atomic E-state index is -2.63. The van der Waals surface area contributed by atoms with Gasteiger partial charge in [0, 0.05) is 18.2 Å². The molecule has 3 aromatic carbocycles. The summed E-state index contributed by atoms with van der Waals surface area (Å²) in [7, 11) is -2.63. The Hall–Kier alpha value is -4.31. The fraction of sp³-hybridized carbons (Fsp3) is 0. The smallest absolute Gasteiger partial charge is 0.401 e. The van der Waals surface area contributed by atoms with Crippen LogP contribution < -0.4 is 13.6 Å². The molecule has 0 radical (unpaired) electrons. The Labute approximate surface area is 175 Å². The van der Waals surface area contributed by atoms with Crippen LogP contribution in [0, 0.1) is 30.3 Å². The molecule has 0 aliphatic rings. The van der Waals surface area contributed by atoms with E-state index in [2.05, 4.69) is 0 Å². The third-order valence-electron chi connectivity index (χ3n) is 3.70. The number of hydrogen-bond donors (Lipinski definition) is 0. The quantitative estimate of drug-likeness (QED) is 0.246. The molecule has 13 heteroatoms. The highest BCUT2D eigenvalue weighted by atomic mass is 31.2. The van der Waals surface area contributed by atoms with Crippen LogP contribution in [0.3, 0.4) is 0 Å². The highest BCUT2D eigenvalue weighted by Gasteiger charge is 2.30. The Kier molecular flexibility index (Phi) is 6.53. The first kappa shape index (κ1) is 21.4. The van der Waals surface area contributed by atoms with Crippen molar-refractivity contribution >= 4 is 25.7 Å². The molecule has 0 bridgehead atoms. The van der Waals surface area contributed by atoms with E-state index in [9.17, 15) is 30.3 Å². The lowest BCUT2D eigenvalue weighted by atomic mass is 10.3. The van der Waals surface area contributed by atoms with Gasteiger partial charge in [-0.2, -0.15) is 0 Å². The molecule has 3 aromatic rings. The predicted molar refractivity (Wildman–Crippen MR) is 108 cm³/mol. The van der Waals surface area contributed by atoms with Gasteiger partial charge in [0.2, 0.25) is 17.2 Å². The molecule has 12 nitrogen and oxygen atoms in total. The Morgan fingerprint density at radius 2 is 0.774 bits per heavy atom. The van der Waals surface area contributed by atoms with E-state index in [0.717, 1.165) is 0 Å². The molecule has 3 rings (SSSR count). The van der Waals surface area contributed by atoms with Gasteiger partial charge in [-0.3, -0.25) is 30.3 Å². The van der Waals surface area contributed by atoms with Crippen molar-refractivity contribution in [2.75, 3.05) is 0 Å². The monoisotopic (exact) mass is 445 g/mol. The van der Waals surface area contributed by atoms with E-state index in [1.165, 1.54) is 72.8 Å². The molecule has 0 spiro atoms. The number of hydrogen-bond acceptors (Lipinski definition) is 9. The fourth-order valence-corrected chi connectivity index (χ4v) is 3.41. The van der Waals surface area contributed by atoms with Crippen LogP contribution in [0.2, 0.25) is 0 Å². The van der Waals surface area contributed by atoms with Crippen LogP contribution >= 0.6 is 8.60 Å². The summed E-state index contributed by atoms with van der Waals surface area (Å²) in [6, 6.07) is 16.0. The highest BCUT2D eigenvalue weighted by molar-refractivity contribution is 7.43. The minimum Gasteiger partial charge on any atom is -0.401 e. The third-order valence-corrected chi connectivity index (χ3v) is 4.74. The van der Waals surface area contributed by atoms with Gasteiger partial charge in [-0.05, 0) is 18.2 Å². The minimum absolute atomic E-state index is 0.240. The van der Waals surface area contributed by atoms with Crippen LogP contribution in [-0.4, -0.2) is 14.8 Å². The lowest BCUT2D eigenvalue weighted by Crippen LogP contribution is -2.06. The topological polar surface area (TPSA) is 157 Å². The first-order valence-corrected chi connectivity index (χ1v) is 9.50. The SMILES string of the molecule is O=[N+]([O-])c1ccccc1OP(Oc1ccccc1[N+](=O)[O-])Oc1ccccc1[N+](=O)[O-]. The maximum absolute atomic E-state index is 11.3. The molecule has 0 heterocycles. The van der Waals surface area contributed by atoms with Crippen molar-refractivity contribution in [2.45, 2.75) is 0 Å². The summed E-state index contributed by atoms with van der Waals surface area (Å²) in [5.74, 6) is -0.720. The standard InChI is InChI=1S/C18H12N3O9P/c22-19(23)13-7-1-4-10-16(13)28-31(29-17-11-5-2-8-14(17)20(24)25)30-18-12-6-3-9-15(18)21(26)27/h1-12H. The maximum atomic E-state index is 11.3. The Morgan fingerprint density at radius 1 is 0.516 bits per heavy atom. The van der Waals surface area contributed by atoms with E-state index >= 15 is 0 Å². The molecule has 158 valence electrons. The van der Waals surface area contributed by atoms with Gasteiger partial charge in [0.15, 0.2) is 0 Å².